The van der Waals surface area contributed by atoms with Gasteiger partial charge in [-0.05, 0) is 12.8 Å². The lowest BCUT2D eigenvalue weighted by Gasteiger charge is -2.22. The van der Waals surface area contributed by atoms with Crippen LogP contribution in [0.2, 0.25) is 0 Å². The molecule has 1 aliphatic carbocycles. The third-order valence-corrected chi connectivity index (χ3v) is 4.54. The molecule has 0 bridgehead atoms. The van der Waals surface area contributed by atoms with E-state index in [4.69, 9.17) is 7.85 Å². The fourth-order valence-corrected chi connectivity index (χ4v) is 3.49. The van der Waals surface area contributed by atoms with E-state index >= 15 is 0 Å². The molecule has 1 fully saturated rings. The van der Waals surface area contributed by atoms with Crippen molar-refractivity contribution in [2.24, 2.45) is 0 Å². The van der Waals surface area contributed by atoms with E-state index < -0.39 is 0 Å². The molecule has 0 saturated heterocycles. The Morgan fingerprint density at radius 1 is 1.37 bits per heavy atom. The number of nitrogens with zero attached hydrogens (tertiary/aromatic N) is 1. The number of fused-ring (bicyclic) bond motifs is 1. The van der Waals surface area contributed by atoms with Crippen LogP contribution in [-0.4, -0.2) is 24.8 Å². The van der Waals surface area contributed by atoms with Crippen molar-refractivity contribution >= 4 is 40.8 Å². The fourth-order valence-electron chi connectivity index (χ4n) is 2.62. The highest BCUT2D eigenvalue weighted by Gasteiger charge is 2.19. The summed E-state index contributed by atoms with van der Waals surface area (Å²) in [6.07, 6.45) is 7.52. The SMILES string of the molecule is [B]c1cnc2scc(C(=O)NC3CCCCC3)c2c1. The Hall–Kier alpha value is -1.36. The average Bonchev–Trinajstić information content (AvgIpc) is 2.82. The molecule has 1 N–H and O–H groups in total. The van der Waals surface area contributed by atoms with E-state index in [0.717, 1.165) is 23.1 Å². The topological polar surface area (TPSA) is 42.0 Å². The molecule has 5 heteroatoms. The number of carbonyl (C=O) groups excluding carboxylic acids is 1. The Bertz CT molecular complexity index is 605. The minimum Gasteiger partial charge on any atom is -0.349 e. The summed E-state index contributed by atoms with van der Waals surface area (Å²) in [5, 5.41) is 5.86. The van der Waals surface area contributed by atoms with E-state index in [1.807, 2.05) is 11.4 Å². The van der Waals surface area contributed by atoms with Crippen LogP contribution in [-0.2, 0) is 0 Å². The number of thiophene rings is 1. The number of amides is 1. The van der Waals surface area contributed by atoms with Crippen LogP contribution in [0.5, 0.6) is 0 Å². The first-order chi connectivity index (χ1) is 9.24. The van der Waals surface area contributed by atoms with Crippen molar-refractivity contribution in [1.29, 1.82) is 0 Å². The van der Waals surface area contributed by atoms with Gasteiger partial charge in [-0.25, -0.2) is 4.98 Å². The van der Waals surface area contributed by atoms with E-state index in [1.165, 1.54) is 30.6 Å². The van der Waals surface area contributed by atoms with E-state index in [2.05, 4.69) is 10.3 Å². The molecule has 0 aromatic carbocycles. The molecular formula is C14H15BN2OS. The number of aromatic nitrogens is 1. The molecule has 1 amide bonds. The van der Waals surface area contributed by atoms with Gasteiger partial charge in [0.1, 0.15) is 12.7 Å². The number of hydrogen-bond acceptors (Lipinski definition) is 3. The molecule has 1 aliphatic rings. The largest absolute Gasteiger partial charge is 0.349 e. The Labute approximate surface area is 117 Å². The highest BCUT2D eigenvalue weighted by atomic mass is 32.1. The van der Waals surface area contributed by atoms with Crippen LogP contribution in [0.15, 0.2) is 17.6 Å². The third kappa shape index (κ3) is 2.66. The van der Waals surface area contributed by atoms with Gasteiger partial charge in [0, 0.05) is 23.0 Å². The van der Waals surface area contributed by atoms with Crippen LogP contribution in [0, 0.1) is 0 Å². The smallest absolute Gasteiger partial charge is 0.253 e. The van der Waals surface area contributed by atoms with E-state index in [-0.39, 0.29) is 5.91 Å². The second kappa shape index (κ2) is 5.33. The Morgan fingerprint density at radius 2 is 2.16 bits per heavy atom. The maximum Gasteiger partial charge on any atom is 0.253 e. The molecule has 3 rings (SSSR count). The van der Waals surface area contributed by atoms with Gasteiger partial charge in [0.25, 0.3) is 5.91 Å². The molecule has 0 atom stereocenters. The summed E-state index contributed by atoms with van der Waals surface area (Å²) in [7, 11) is 5.75. The Kier molecular flexibility index (Phi) is 3.55. The summed E-state index contributed by atoms with van der Waals surface area (Å²) in [6, 6.07) is 2.15. The molecule has 0 aliphatic heterocycles. The van der Waals surface area contributed by atoms with Gasteiger partial charge in [0.2, 0.25) is 0 Å². The highest BCUT2D eigenvalue weighted by Crippen LogP contribution is 2.24. The third-order valence-electron chi connectivity index (χ3n) is 3.64. The van der Waals surface area contributed by atoms with Gasteiger partial charge in [-0.3, -0.25) is 4.79 Å². The normalized spacial score (nSPS) is 16.6. The molecule has 2 heterocycles. The van der Waals surface area contributed by atoms with Crippen LogP contribution >= 0.6 is 11.3 Å². The van der Waals surface area contributed by atoms with Crippen molar-refractivity contribution in [1.82, 2.24) is 10.3 Å². The second-order valence-electron chi connectivity index (χ2n) is 5.08. The van der Waals surface area contributed by atoms with Crippen molar-refractivity contribution in [3.05, 3.63) is 23.2 Å². The molecule has 0 unspecified atom stereocenters. The molecular weight excluding hydrogens is 255 g/mol. The zero-order valence-electron chi connectivity index (χ0n) is 10.7. The van der Waals surface area contributed by atoms with Crippen molar-refractivity contribution in [2.75, 3.05) is 0 Å². The lowest BCUT2D eigenvalue weighted by Crippen LogP contribution is -2.36. The number of hydrogen-bond donors (Lipinski definition) is 1. The van der Waals surface area contributed by atoms with Gasteiger partial charge in [-0.15, -0.1) is 11.3 Å². The summed E-state index contributed by atoms with van der Waals surface area (Å²) < 4.78 is 0. The monoisotopic (exact) mass is 270 g/mol. The maximum absolute atomic E-state index is 12.3. The first-order valence-corrected chi connectivity index (χ1v) is 7.55. The minimum absolute atomic E-state index is 0.00514. The van der Waals surface area contributed by atoms with E-state index in [1.54, 1.807) is 6.20 Å². The molecule has 19 heavy (non-hydrogen) atoms. The number of rotatable bonds is 2. The van der Waals surface area contributed by atoms with Crippen molar-refractivity contribution in [3.63, 3.8) is 0 Å². The molecule has 96 valence electrons. The maximum atomic E-state index is 12.3. The van der Waals surface area contributed by atoms with E-state index in [0.29, 0.717) is 17.1 Å². The lowest BCUT2D eigenvalue weighted by atomic mass is 9.95. The van der Waals surface area contributed by atoms with Crippen molar-refractivity contribution in [2.45, 2.75) is 38.1 Å². The molecule has 1 saturated carbocycles. The predicted molar refractivity (Wildman–Crippen MR) is 79.3 cm³/mol. The number of pyridine rings is 1. The molecule has 2 aromatic rings. The molecule has 2 aromatic heterocycles. The van der Waals surface area contributed by atoms with Gasteiger partial charge < -0.3 is 5.32 Å². The van der Waals surface area contributed by atoms with E-state index in [9.17, 15) is 4.79 Å². The quantitative estimate of drug-likeness (QED) is 0.850. The van der Waals surface area contributed by atoms with Crippen molar-refractivity contribution in [3.8, 4) is 0 Å². The van der Waals surface area contributed by atoms with Gasteiger partial charge in [-0.2, -0.15) is 0 Å². The van der Waals surface area contributed by atoms with Gasteiger partial charge in [0.15, 0.2) is 0 Å². The highest BCUT2D eigenvalue weighted by molar-refractivity contribution is 7.17. The summed E-state index contributed by atoms with van der Waals surface area (Å²) in [5.41, 5.74) is 1.29. The van der Waals surface area contributed by atoms with Crippen LogP contribution in [0.25, 0.3) is 10.2 Å². The van der Waals surface area contributed by atoms with Crippen molar-refractivity contribution < 1.29 is 4.79 Å². The summed E-state index contributed by atoms with van der Waals surface area (Å²) in [4.78, 5) is 17.4. The molecule has 2 radical (unpaired) electrons. The summed E-state index contributed by atoms with van der Waals surface area (Å²) in [6.45, 7) is 0. The zero-order chi connectivity index (χ0) is 13.2. The van der Waals surface area contributed by atoms with Gasteiger partial charge >= 0.3 is 0 Å². The number of nitrogens with one attached hydrogen (secondary N) is 1. The second-order valence-corrected chi connectivity index (χ2v) is 5.94. The first kappa shape index (κ1) is 12.7. The molecule has 0 spiro atoms. The molecule has 3 nitrogen and oxygen atoms in total. The standard InChI is InChI=1S/C14H15BN2OS/c15-9-6-11-12(8-19-14(11)16-7-9)13(18)17-10-4-2-1-3-5-10/h6-8,10H,1-5H2,(H,17,18). The first-order valence-electron chi connectivity index (χ1n) is 6.67. The summed E-state index contributed by atoms with van der Waals surface area (Å²) >= 11 is 1.49. The number of carbonyl (C=O) groups is 1. The minimum atomic E-state index is 0.00514. The van der Waals surface area contributed by atoms with Gasteiger partial charge in [-0.1, -0.05) is 30.8 Å². The lowest BCUT2D eigenvalue weighted by molar-refractivity contribution is 0.0930. The van der Waals surface area contributed by atoms with Crippen LogP contribution in [0.3, 0.4) is 0 Å². The van der Waals surface area contributed by atoms with Crippen LogP contribution in [0.4, 0.5) is 0 Å². The van der Waals surface area contributed by atoms with Crippen LogP contribution < -0.4 is 10.8 Å². The zero-order valence-corrected chi connectivity index (χ0v) is 11.5. The van der Waals surface area contributed by atoms with Crippen LogP contribution in [0.1, 0.15) is 42.5 Å². The fraction of sp³-hybridized carbons (Fsp3) is 0.429. The summed E-state index contributed by atoms with van der Waals surface area (Å²) in [5.74, 6) is 0.00514. The average molecular weight is 270 g/mol. The Balaban J connectivity index is 1.82. The predicted octanol–water partition coefficient (Wildman–Crippen LogP) is 2.15. The van der Waals surface area contributed by atoms with Gasteiger partial charge in [0.05, 0.1) is 5.56 Å². The Morgan fingerprint density at radius 3 is 2.95 bits per heavy atom.